The van der Waals surface area contributed by atoms with Gasteiger partial charge < -0.3 is 14.7 Å². The van der Waals surface area contributed by atoms with Crippen LogP contribution in [0.25, 0.3) is 6.08 Å². The Kier molecular flexibility index (Phi) is 6.35. The number of ether oxygens (including phenoxy) is 1. The van der Waals surface area contributed by atoms with Crippen LogP contribution in [0.15, 0.2) is 24.3 Å². The van der Waals surface area contributed by atoms with E-state index in [9.17, 15) is 14.9 Å². The predicted molar refractivity (Wildman–Crippen MR) is 79.5 cm³/mol. The Morgan fingerprint density at radius 2 is 2.24 bits per heavy atom. The quantitative estimate of drug-likeness (QED) is 0.448. The van der Waals surface area contributed by atoms with Gasteiger partial charge in [-0.25, -0.2) is 4.79 Å². The first-order valence-corrected chi connectivity index (χ1v) is 6.43. The molecule has 0 aliphatic heterocycles. The lowest BCUT2D eigenvalue weighted by Crippen LogP contribution is -2.26. The third-order valence-corrected chi connectivity index (χ3v) is 2.93. The molecule has 0 aliphatic rings. The zero-order chi connectivity index (χ0) is 15.8. The normalized spacial score (nSPS) is 10.8. The zero-order valence-electron chi connectivity index (χ0n) is 12.0. The number of hydrogen-bond donors (Lipinski definition) is 1. The van der Waals surface area contributed by atoms with E-state index in [1.807, 2.05) is 11.8 Å². The Bertz CT molecular complexity index is 542. The standard InChI is InChI=1S/C14H18N2O5/c1-3-15(8-9-21-2)12-5-6-13(16(19)20)11(10-12)4-7-14(17)18/h4-7,10H,3,8-9H2,1-2H3,(H,17,18)/b7-4+. The molecule has 0 saturated heterocycles. The molecule has 21 heavy (non-hydrogen) atoms. The maximum atomic E-state index is 11.0. The highest BCUT2D eigenvalue weighted by Gasteiger charge is 2.14. The summed E-state index contributed by atoms with van der Waals surface area (Å²) in [5.74, 6) is -1.15. The first-order valence-electron chi connectivity index (χ1n) is 6.43. The molecule has 1 aromatic rings. The van der Waals surface area contributed by atoms with Gasteiger partial charge in [0, 0.05) is 38.0 Å². The van der Waals surface area contributed by atoms with Crippen LogP contribution in [0.1, 0.15) is 12.5 Å². The summed E-state index contributed by atoms with van der Waals surface area (Å²) in [6, 6.07) is 4.64. The number of nitro groups is 1. The molecule has 7 heteroatoms. The third-order valence-electron chi connectivity index (χ3n) is 2.93. The van der Waals surface area contributed by atoms with E-state index in [0.29, 0.717) is 19.7 Å². The number of benzene rings is 1. The minimum Gasteiger partial charge on any atom is -0.478 e. The van der Waals surface area contributed by atoms with Crippen molar-refractivity contribution in [2.45, 2.75) is 6.92 Å². The van der Waals surface area contributed by atoms with Crippen molar-refractivity contribution in [3.8, 4) is 0 Å². The molecule has 1 rings (SSSR count). The smallest absolute Gasteiger partial charge is 0.328 e. The molecule has 7 nitrogen and oxygen atoms in total. The second-order valence-electron chi connectivity index (χ2n) is 4.24. The summed E-state index contributed by atoms with van der Waals surface area (Å²) in [6.07, 6.45) is 2.12. The van der Waals surface area contributed by atoms with Crippen molar-refractivity contribution in [3.05, 3.63) is 40.0 Å². The Morgan fingerprint density at radius 1 is 1.52 bits per heavy atom. The first-order chi connectivity index (χ1) is 9.99. The van der Waals surface area contributed by atoms with Crippen molar-refractivity contribution in [3.63, 3.8) is 0 Å². The zero-order valence-corrected chi connectivity index (χ0v) is 12.0. The summed E-state index contributed by atoms with van der Waals surface area (Å²) < 4.78 is 5.03. The van der Waals surface area contributed by atoms with Crippen LogP contribution < -0.4 is 4.90 Å². The van der Waals surface area contributed by atoms with Gasteiger partial charge in [0.15, 0.2) is 0 Å². The number of likely N-dealkylation sites (N-methyl/N-ethyl adjacent to an activating group) is 1. The van der Waals surface area contributed by atoms with Crippen molar-refractivity contribution in [2.24, 2.45) is 0 Å². The fraction of sp³-hybridized carbons (Fsp3) is 0.357. The molecule has 0 radical (unpaired) electrons. The van der Waals surface area contributed by atoms with E-state index in [1.54, 1.807) is 19.2 Å². The number of carboxylic acids is 1. The Balaban J connectivity index is 3.15. The molecule has 0 aromatic heterocycles. The number of rotatable bonds is 8. The molecule has 0 amide bonds. The van der Waals surface area contributed by atoms with Crippen molar-refractivity contribution in [1.29, 1.82) is 0 Å². The predicted octanol–water partition coefficient (Wildman–Crippen LogP) is 2.17. The van der Waals surface area contributed by atoms with Crippen LogP contribution in [0.4, 0.5) is 11.4 Å². The maximum Gasteiger partial charge on any atom is 0.328 e. The average Bonchev–Trinajstić information content (AvgIpc) is 2.45. The SMILES string of the molecule is CCN(CCOC)c1ccc([N+](=O)[O-])c(/C=C/C(=O)O)c1. The molecule has 0 saturated carbocycles. The Hall–Kier alpha value is -2.41. The van der Waals surface area contributed by atoms with Crippen molar-refractivity contribution >= 4 is 23.4 Å². The fourth-order valence-corrected chi connectivity index (χ4v) is 1.87. The number of methoxy groups -OCH3 is 1. The monoisotopic (exact) mass is 294 g/mol. The van der Waals surface area contributed by atoms with Crippen LogP contribution in [-0.4, -0.2) is 42.8 Å². The summed E-state index contributed by atoms with van der Waals surface area (Å²) in [5.41, 5.74) is 0.917. The van der Waals surface area contributed by atoms with Gasteiger partial charge in [0.25, 0.3) is 5.69 Å². The van der Waals surface area contributed by atoms with E-state index in [0.717, 1.165) is 11.8 Å². The number of carbonyl (C=O) groups is 1. The minimum absolute atomic E-state index is 0.126. The van der Waals surface area contributed by atoms with Gasteiger partial charge in [0.1, 0.15) is 0 Å². The summed E-state index contributed by atoms with van der Waals surface area (Å²) >= 11 is 0. The number of hydrogen-bond acceptors (Lipinski definition) is 5. The van der Waals surface area contributed by atoms with Gasteiger partial charge in [-0.1, -0.05) is 0 Å². The van der Waals surface area contributed by atoms with Crippen molar-refractivity contribution in [2.75, 3.05) is 31.7 Å². The Labute approximate surface area is 122 Å². The molecule has 0 unspecified atom stereocenters. The second kappa shape index (κ2) is 8.01. The van der Waals surface area contributed by atoms with Crippen molar-refractivity contribution < 1.29 is 19.6 Å². The highest BCUT2D eigenvalue weighted by Crippen LogP contribution is 2.26. The van der Waals surface area contributed by atoms with E-state index >= 15 is 0 Å². The van der Waals surface area contributed by atoms with Gasteiger partial charge in [0.05, 0.1) is 17.1 Å². The third kappa shape index (κ3) is 4.88. The van der Waals surface area contributed by atoms with E-state index < -0.39 is 10.9 Å². The van der Waals surface area contributed by atoms with Crippen molar-refractivity contribution in [1.82, 2.24) is 0 Å². The number of anilines is 1. The van der Waals surface area contributed by atoms with Crippen LogP contribution >= 0.6 is 0 Å². The highest BCUT2D eigenvalue weighted by atomic mass is 16.6. The van der Waals surface area contributed by atoms with Gasteiger partial charge >= 0.3 is 5.97 Å². The van der Waals surface area contributed by atoms with Gasteiger partial charge in [0.2, 0.25) is 0 Å². The molecule has 1 aromatic carbocycles. The number of aliphatic carboxylic acids is 1. The van der Waals surface area contributed by atoms with Crippen LogP contribution in [0, 0.1) is 10.1 Å². The molecule has 0 spiro atoms. The lowest BCUT2D eigenvalue weighted by molar-refractivity contribution is -0.385. The molecule has 0 heterocycles. The summed E-state index contributed by atoms with van der Waals surface area (Å²) in [6.45, 7) is 3.85. The molecule has 114 valence electrons. The molecule has 0 fully saturated rings. The lowest BCUT2D eigenvalue weighted by atomic mass is 10.1. The number of nitrogens with zero attached hydrogens (tertiary/aromatic N) is 2. The minimum atomic E-state index is -1.15. The first kappa shape index (κ1) is 16.6. The van der Waals surface area contributed by atoms with Gasteiger partial charge in [-0.2, -0.15) is 0 Å². The van der Waals surface area contributed by atoms with Gasteiger partial charge in [-0.15, -0.1) is 0 Å². The molecular weight excluding hydrogens is 276 g/mol. The van der Waals surface area contributed by atoms with E-state index in [-0.39, 0.29) is 11.3 Å². The van der Waals surface area contributed by atoms with E-state index in [1.165, 1.54) is 12.1 Å². The average molecular weight is 294 g/mol. The van der Waals surface area contributed by atoms with E-state index in [4.69, 9.17) is 9.84 Å². The molecule has 0 bridgehead atoms. The fourth-order valence-electron chi connectivity index (χ4n) is 1.87. The maximum absolute atomic E-state index is 11.0. The second-order valence-corrected chi connectivity index (χ2v) is 4.24. The van der Waals surface area contributed by atoms with Gasteiger partial charge in [-0.05, 0) is 25.1 Å². The molecular formula is C14H18N2O5. The summed E-state index contributed by atoms with van der Waals surface area (Å²) in [5, 5.41) is 19.6. The number of nitro benzene ring substituents is 1. The highest BCUT2D eigenvalue weighted by molar-refractivity contribution is 5.86. The van der Waals surface area contributed by atoms with Crippen LogP contribution in [0.3, 0.4) is 0 Å². The summed E-state index contributed by atoms with van der Waals surface area (Å²) in [4.78, 5) is 23.0. The lowest BCUT2D eigenvalue weighted by Gasteiger charge is -2.23. The number of carboxylic acid groups (broad SMARTS) is 1. The van der Waals surface area contributed by atoms with Crippen LogP contribution in [0.5, 0.6) is 0 Å². The van der Waals surface area contributed by atoms with E-state index in [2.05, 4.69) is 0 Å². The molecule has 0 atom stereocenters. The summed E-state index contributed by atoms with van der Waals surface area (Å²) in [7, 11) is 1.60. The Morgan fingerprint density at radius 3 is 2.76 bits per heavy atom. The molecule has 1 N–H and O–H groups in total. The largest absolute Gasteiger partial charge is 0.478 e. The van der Waals surface area contributed by atoms with Gasteiger partial charge in [-0.3, -0.25) is 10.1 Å². The van der Waals surface area contributed by atoms with Crippen LogP contribution in [0.2, 0.25) is 0 Å². The topological polar surface area (TPSA) is 92.9 Å². The molecule has 0 aliphatic carbocycles. The van der Waals surface area contributed by atoms with Crippen LogP contribution in [-0.2, 0) is 9.53 Å².